The number of ketones is 2. The predicted octanol–water partition coefficient (Wildman–Crippen LogP) is 1.71. The van der Waals surface area contributed by atoms with Crippen molar-refractivity contribution in [2.75, 3.05) is 0 Å². The monoisotopic (exact) mass is 234 g/mol. The average Bonchev–Trinajstić information content (AvgIpc) is 2.39. The van der Waals surface area contributed by atoms with Crippen molar-refractivity contribution in [3.8, 4) is 0 Å². The average molecular weight is 234 g/mol. The molecule has 1 rings (SSSR count). The smallest absolute Gasteiger partial charge is 0.220 e. The van der Waals surface area contributed by atoms with Gasteiger partial charge in [0.2, 0.25) is 5.78 Å². The summed E-state index contributed by atoms with van der Waals surface area (Å²) >= 11 is 0. The van der Waals surface area contributed by atoms with E-state index >= 15 is 0 Å². The fourth-order valence-electron chi connectivity index (χ4n) is 1.26. The van der Waals surface area contributed by atoms with Gasteiger partial charge in [0.1, 0.15) is 0 Å². The second kappa shape index (κ2) is 5.89. The Labute approximate surface area is 99.2 Å². The van der Waals surface area contributed by atoms with Gasteiger partial charge in [0.15, 0.2) is 11.5 Å². The predicted molar refractivity (Wildman–Crippen MR) is 62.3 cm³/mol. The lowest BCUT2D eigenvalue weighted by atomic mass is 9.95. The van der Waals surface area contributed by atoms with E-state index in [-0.39, 0.29) is 11.5 Å². The van der Waals surface area contributed by atoms with E-state index in [9.17, 15) is 9.59 Å². The van der Waals surface area contributed by atoms with Crippen LogP contribution in [0.2, 0.25) is 0 Å². The summed E-state index contributed by atoms with van der Waals surface area (Å²) in [6, 6.07) is 3.10. The van der Waals surface area contributed by atoms with Crippen molar-refractivity contribution in [1.82, 2.24) is 4.98 Å². The lowest BCUT2D eigenvalue weighted by Crippen LogP contribution is -2.29. The molecule has 1 aromatic heterocycles. The Morgan fingerprint density at radius 2 is 2.24 bits per heavy atom. The number of rotatable bonds is 5. The van der Waals surface area contributed by atoms with Crippen LogP contribution in [-0.2, 0) is 4.79 Å². The van der Waals surface area contributed by atoms with Gasteiger partial charge in [-0.15, -0.1) is 0 Å². The van der Waals surface area contributed by atoms with Crippen LogP contribution in [0.3, 0.4) is 0 Å². The standard InChI is InChI=1S/C12H14N2O3/c1-3-8(2)11(15)10(14-17)12(16)9-5-4-6-13-7-9/h4-8,17H,3H2,1-2H3/b14-10+. The van der Waals surface area contributed by atoms with Gasteiger partial charge in [-0.25, -0.2) is 0 Å². The lowest BCUT2D eigenvalue weighted by molar-refractivity contribution is -0.116. The molecule has 90 valence electrons. The Hall–Kier alpha value is -2.04. The van der Waals surface area contributed by atoms with Gasteiger partial charge in [-0.05, 0) is 18.6 Å². The third-order valence-electron chi connectivity index (χ3n) is 2.53. The SMILES string of the molecule is CCC(C)C(=O)/C(=N\O)C(=O)c1cccnc1. The molecule has 5 heteroatoms. The van der Waals surface area contributed by atoms with E-state index in [2.05, 4.69) is 10.1 Å². The van der Waals surface area contributed by atoms with E-state index in [4.69, 9.17) is 5.21 Å². The van der Waals surface area contributed by atoms with Crippen LogP contribution < -0.4 is 0 Å². The molecule has 1 heterocycles. The highest BCUT2D eigenvalue weighted by Crippen LogP contribution is 2.08. The van der Waals surface area contributed by atoms with E-state index in [1.54, 1.807) is 13.0 Å². The van der Waals surface area contributed by atoms with Crippen molar-refractivity contribution in [2.24, 2.45) is 11.1 Å². The van der Waals surface area contributed by atoms with Crippen LogP contribution >= 0.6 is 0 Å². The van der Waals surface area contributed by atoms with E-state index in [1.165, 1.54) is 18.5 Å². The summed E-state index contributed by atoms with van der Waals surface area (Å²) in [5, 5.41) is 11.6. The zero-order valence-electron chi connectivity index (χ0n) is 9.75. The van der Waals surface area contributed by atoms with Crippen molar-refractivity contribution in [3.05, 3.63) is 30.1 Å². The minimum Gasteiger partial charge on any atom is -0.410 e. The fraction of sp³-hybridized carbons (Fsp3) is 0.333. The number of carbonyl (C=O) groups is 2. The highest BCUT2D eigenvalue weighted by Gasteiger charge is 2.26. The van der Waals surface area contributed by atoms with Gasteiger partial charge < -0.3 is 5.21 Å². The number of nitrogens with zero attached hydrogens (tertiary/aromatic N) is 2. The van der Waals surface area contributed by atoms with Gasteiger partial charge in [0.25, 0.3) is 0 Å². The van der Waals surface area contributed by atoms with Crippen LogP contribution in [0, 0.1) is 5.92 Å². The molecule has 5 nitrogen and oxygen atoms in total. The minimum absolute atomic E-state index is 0.233. The number of hydrogen-bond acceptors (Lipinski definition) is 5. The fourth-order valence-corrected chi connectivity index (χ4v) is 1.26. The molecule has 1 aromatic rings. The summed E-state index contributed by atoms with van der Waals surface area (Å²) in [5.41, 5.74) is -0.204. The number of oxime groups is 1. The number of aromatic nitrogens is 1. The highest BCUT2D eigenvalue weighted by molar-refractivity contribution is 6.69. The van der Waals surface area contributed by atoms with Gasteiger partial charge in [-0.1, -0.05) is 19.0 Å². The normalized spacial score (nSPS) is 13.2. The molecule has 0 aliphatic rings. The lowest BCUT2D eigenvalue weighted by Gasteiger charge is -2.07. The molecule has 0 aliphatic heterocycles. The molecule has 0 aromatic carbocycles. The number of pyridine rings is 1. The molecule has 1 unspecified atom stereocenters. The molecule has 17 heavy (non-hydrogen) atoms. The zero-order valence-corrected chi connectivity index (χ0v) is 9.75. The van der Waals surface area contributed by atoms with Crippen LogP contribution in [0.4, 0.5) is 0 Å². The van der Waals surface area contributed by atoms with Crippen LogP contribution in [0.15, 0.2) is 29.7 Å². The molecule has 0 amide bonds. The summed E-state index contributed by atoms with van der Waals surface area (Å²) in [7, 11) is 0. The molecule has 0 saturated carbocycles. The van der Waals surface area contributed by atoms with Crippen molar-refractivity contribution in [3.63, 3.8) is 0 Å². The van der Waals surface area contributed by atoms with Crippen LogP contribution in [0.25, 0.3) is 0 Å². The van der Waals surface area contributed by atoms with Crippen LogP contribution in [0.5, 0.6) is 0 Å². The molecule has 1 atom stereocenters. The van der Waals surface area contributed by atoms with E-state index in [0.29, 0.717) is 6.42 Å². The van der Waals surface area contributed by atoms with E-state index in [1.807, 2.05) is 6.92 Å². The Kier molecular flexibility index (Phi) is 4.51. The number of Topliss-reactive ketones (excluding diaryl/α,β-unsaturated/α-hetero) is 2. The zero-order chi connectivity index (χ0) is 12.8. The molecule has 0 radical (unpaired) electrons. The summed E-state index contributed by atoms with van der Waals surface area (Å²) in [6.07, 6.45) is 3.43. The molecule has 0 fully saturated rings. The first-order valence-corrected chi connectivity index (χ1v) is 5.32. The second-order valence-electron chi connectivity index (χ2n) is 3.69. The summed E-state index contributed by atoms with van der Waals surface area (Å²) in [4.78, 5) is 27.5. The van der Waals surface area contributed by atoms with Gasteiger partial charge >= 0.3 is 0 Å². The quantitative estimate of drug-likeness (QED) is 0.276. The van der Waals surface area contributed by atoms with Crippen molar-refractivity contribution < 1.29 is 14.8 Å². The van der Waals surface area contributed by atoms with Crippen LogP contribution in [-0.4, -0.2) is 27.5 Å². The maximum Gasteiger partial charge on any atom is 0.220 e. The van der Waals surface area contributed by atoms with E-state index in [0.717, 1.165) is 0 Å². The minimum atomic E-state index is -0.606. The third kappa shape index (κ3) is 2.96. The Morgan fingerprint density at radius 1 is 1.53 bits per heavy atom. The molecule has 0 saturated heterocycles. The first-order valence-electron chi connectivity index (χ1n) is 5.32. The Morgan fingerprint density at radius 3 is 2.71 bits per heavy atom. The third-order valence-corrected chi connectivity index (χ3v) is 2.53. The Balaban J connectivity index is 2.98. The summed E-state index contributed by atoms with van der Waals surface area (Å²) in [6.45, 7) is 3.51. The molecule has 0 spiro atoms. The van der Waals surface area contributed by atoms with Gasteiger partial charge in [0, 0.05) is 23.9 Å². The van der Waals surface area contributed by atoms with Crippen molar-refractivity contribution >= 4 is 17.3 Å². The number of hydrogen-bond donors (Lipinski definition) is 1. The highest BCUT2D eigenvalue weighted by atomic mass is 16.4. The molecule has 0 aliphatic carbocycles. The number of carbonyl (C=O) groups excluding carboxylic acids is 2. The summed E-state index contributed by atoms with van der Waals surface area (Å²) in [5.74, 6) is -1.41. The van der Waals surface area contributed by atoms with Gasteiger partial charge in [0.05, 0.1) is 0 Å². The van der Waals surface area contributed by atoms with Gasteiger partial charge in [-0.3, -0.25) is 14.6 Å². The molecule has 0 bridgehead atoms. The van der Waals surface area contributed by atoms with Gasteiger partial charge in [-0.2, -0.15) is 0 Å². The van der Waals surface area contributed by atoms with Crippen molar-refractivity contribution in [2.45, 2.75) is 20.3 Å². The largest absolute Gasteiger partial charge is 0.410 e. The van der Waals surface area contributed by atoms with Crippen LogP contribution in [0.1, 0.15) is 30.6 Å². The maximum atomic E-state index is 11.9. The molecular formula is C12H14N2O3. The molecular weight excluding hydrogens is 220 g/mol. The molecule has 1 N–H and O–H groups in total. The van der Waals surface area contributed by atoms with E-state index < -0.39 is 17.3 Å². The summed E-state index contributed by atoms with van der Waals surface area (Å²) < 4.78 is 0. The Bertz CT molecular complexity index is 440. The second-order valence-corrected chi connectivity index (χ2v) is 3.69. The first kappa shape index (κ1) is 13.0. The first-order chi connectivity index (χ1) is 8.11. The maximum absolute atomic E-state index is 11.9. The van der Waals surface area contributed by atoms with Crippen molar-refractivity contribution in [1.29, 1.82) is 0 Å². The topological polar surface area (TPSA) is 79.6 Å².